The van der Waals surface area contributed by atoms with Crippen LogP contribution < -0.4 is 5.32 Å². The van der Waals surface area contributed by atoms with Crippen LogP contribution in [0.3, 0.4) is 0 Å². The van der Waals surface area contributed by atoms with Crippen molar-refractivity contribution in [2.75, 3.05) is 18.6 Å². The molecule has 2 N–H and O–H groups in total. The van der Waals surface area contributed by atoms with E-state index in [1.165, 1.54) is 28.4 Å². The molecule has 28 heavy (non-hydrogen) atoms. The number of carbonyl (C=O) groups excluding carboxylic acids is 2. The normalized spacial score (nSPS) is 16.5. The van der Waals surface area contributed by atoms with Gasteiger partial charge in [0.15, 0.2) is 0 Å². The molecule has 2 amide bonds. The summed E-state index contributed by atoms with van der Waals surface area (Å²) in [4.78, 5) is 37.8. The van der Waals surface area contributed by atoms with E-state index in [0.29, 0.717) is 21.4 Å². The van der Waals surface area contributed by atoms with Gasteiger partial charge in [-0.15, -0.1) is 0 Å². The summed E-state index contributed by atoms with van der Waals surface area (Å²) >= 11 is 7.99. The Bertz CT molecular complexity index is 793. The maximum atomic E-state index is 12.6. The Balaban J connectivity index is 1.94. The zero-order chi connectivity index (χ0) is 20.7. The molecule has 0 aromatic heterocycles. The lowest BCUT2D eigenvalue weighted by Crippen LogP contribution is -2.42. The highest BCUT2D eigenvalue weighted by atomic mass is 32.2. The van der Waals surface area contributed by atoms with Crippen LogP contribution in [0.15, 0.2) is 29.2 Å². The lowest BCUT2D eigenvalue weighted by atomic mass is 10.1. The minimum atomic E-state index is -1.06. The summed E-state index contributed by atoms with van der Waals surface area (Å²) in [6, 6.07) is 6.86. The number of nitrogens with zero attached hydrogens (tertiary/aromatic N) is 1. The van der Waals surface area contributed by atoms with E-state index in [0.717, 1.165) is 11.1 Å². The quantitative estimate of drug-likeness (QED) is 0.453. The number of thioether (sulfide) groups is 2. The molecule has 1 fully saturated rings. The molecule has 1 aliphatic heterocycles. The van der Waals surface area contributed by atoms with Gasteiger partial charge in [0.25, 0.3) is 5.91 Å². The predicted molar refractivity (Wildman–Crippen MR) is 118 cm³/mol. The standard InChI is InChI=1S/C19H22N2O4S3/c1-12-3-5-13(6-4-12)11-15-17(23)21(19(26)28-15)9-7-16(22)20-14(18(24)25)8-10-27-2/h3-6,11,14H,7-10H2,1-2H3,(H,20,22)(H,24,25)/b15-11+/t14-/m1/s1. The molecule has 0 bridgehead atoms. The smallest absolute Gasteiger partial charge is 0.326 e. The van der Waals surface area contributed by atoms with E-state index >= 15 is 0 Å². The van der Waals surface area contributed by atoms with Crippen molar-refractivity contribution in [3.05, 3.63) is 40.3 Å². The van der Waals surface area contributed by atoms with Gasteiger partial charge in [-0.3, -0.25) is 14.5 Å². The predicted octanol–water partition coefficient (Wildman–Crippen LogP) is 2.91. The maximum Gasteiger partial charge on any atom is 0.326 e. The lowest BCUT2D eigenvalue weighted by Gasteiger charge is -2.17. The second-order valence-electron chi connectivity index (χ2n) is 6.23. The van der Waals surface area contributed by atoms with E-state index < -0.39 is 17.9 Å². The van der Waals surface area contributed by atoms with Crippen molar-refractivity contribution in [2.24, 2.45) is 0 Å². The number of carboxylic acid groups (broad SMARTS) is 1. The highest BCUT2D eigenvalue weighted by Gasteiger charge is 2.32. The van der Waals surface area contributed by atoms with Gasteiger partial charge in [0.1, 0.15) is 10.4 Å². The number of aliphatic carboxylic acids is 1. The molecule has 1 atom stereocenters. The van der Waals surface area contributed by atoms with Crippen molar-refractivity contribution in [3.8, 4) is 0 Å². The average molecular weight is 439 g/mol. The summed E-state index contributed by atoms with van der Waals surface area (Å²) in [6.45, 7) is 2.11. The molecule has 1 heterocycles. The van der Waals surface area contributed by atoms with Crippen molar-refractivity contribution < 1.29 is 19.5 Å². The first-order chi connectivity index (χ1) is 13.3. The number of benzene rings is 1. The van der Waals surface area contributed by atoms with Crippen LogP contribution in [0.1, 0.15) is 24.0 Å². The van der Waals surface area contributed by atoms with E-state index in [-0.39, 0.29) is 18.9 Å². The van der Waals surface area contributed by atoms with Crippen LogP contribution >= 0.6 is 35.7 Å². The van der Waals surface area contributed by atoms with Gasteiger partial charge in [0.05, 0.1) is 4.91 Å². The number of carboxylic acids is 1. The molecular weight excluding hydrogens is 416 g/mol. The summed E-state index contributed by atoms with van der Waals surface area (Å²) < 4.78 is 0.397. The van der Waals surface area contributed by atoms with Crippen LogP contribution in [0, 0.1) is 6.92 Å². The highest BCUT2D eigenvalue weighted by Crippen LogP contribution is 2.32. The zero-order valence-electron chi connectivity index (χ0n) is 15.6. The van der Waals surface area contributed by atoms with Crippen molar-refractivity contribution >= 4 is 63.9 Å². The van der Waals surface area contributed by atoms with Gasteiger partial charge in [-0.05, 0) is 37.0 Å². The van der Waals surface area contributed by atoms with Crippen molar-refractivity contribution in [1.82, 2.24) is 10.2 Å². The van der Waals surface area contributed by atoms with Gasteiger partial charge >= 0.3 is 5.97 Å². The van der Waals surface area contributed by atoms with E-state index in [1.807, 2.05) is 37.4 Å². The Labute approximate surface area is 178 Å². The number of hydrogen-bond donors (Lipinski definition) is 2. The molecule has 1 aliphatic rings. The van der Waals surface area contributed by atoms with Gasteiger partial charge in [0, 0.05) is 13.0 Å². The van der Waals surface area contributed by atoms with Gasteiger partial charge < -0.3 is 10.4 Å². The molecule has 0 aliphatic carbocycles. The van der Waals surface area contributed by atoms with Crippen molar-refractivity contribution in [1.29, 1.82) is 0 Å². The topological polar surface area (TPSA) is 86.7 Å². The van der Waals surface area contributed by atoms with Crippen LogP contribution in [-0.4, -0.2) is 56.7 Å². The summed E-state index contributed by atoms with van der Waals surface area (Å²) in [5, 5.41) is 11.7. The Kier molecular flexibility index (Phi) is 8.53. The summed E-state index contributed by atoms with van der Waals surface area (Å²) in [5.41, 5.74) is 2.04. The van der Waals surface area contributed by atoms with Crippen molar-refractivity contribution in [3.63, 3.8) is 0 Å². The molecule has 1 saturated heterocycles. The van der Waals surface area contributed by atoms with Crippen LogP contribution in [0.4, 0.5) is 0 Å². The van der Waals surface area contributed by atoms with E-state index in [1.54, 1.807) is 6.08 Å². The Hall–Kier alpha value is -1.84. The number of thiocarbonyl (C=S) groups is 1. The Morgan fingerprint density at radius 3 is 2.64 bits per heavy atom. The molecule has 0 spiro atoms. The third kappa shape index (κ3) is 6.35. The SMILES string of the molecule is CSCC[C@@H](NC(=O)CCN1C(=O)/C(=C\c2ccc(C)cc2)SC1=S)C(=O)O. The fourth-order valence-electron chi connectivity index (χ4n) is 2.48. The highest BCUT2D eigenvalue weighted by molar-refractivity contribution is 8.26. The largest absolute Gasteiger partial charge is 0.480 e. The van der Waals surface area contributed by atoms with Gasteiger partial charge in [-0.1, -0.05) is 53.8 Å². The fourth-order valence-corrected chi connectivity index (χ4v) is 4.26. The van der Waals surface area contributed by atoms with Gasteiger partial charge in [0.2, 0.25) is 5.91 Å². The van der Waals surface area contributed by atoms with Crippen LogP contribution in [0.25, 0.3) is 6.08 Å². The van der Waals surface area contributed by atoms with Gasteiger partial charge in [-0.2, -0.15) is 11.8 Å². The first-order valence-corrected chi connectivity index (χ1v) is 11.3. The minimum absolute atomic E-state index is 0.00665. The molecule has 2 rings (SSSR count). The lowest BCUT2D eigenvalue weighted by molar-refractivity contribution is -0.142. The summed E-state index contributed by atoms with van der Waals surface area (Å²) in [6.07, 6.45) is 4.00. The maximum absolute atomic E-state index is 12.6. The molecule has 6 nitrogen and oxygen atoms in total. The second kappa shape index (κ2) is 10.6. The molecule has 1 aromatic rings. The number of nitrogens with one attached hydrogen (secondary N) is 1. The molecule has 150 valence electrons. The number of hydrogen-bond acceptors (Lipinski definition) is 6. The third-order valence-corrected chi connectivity index (χ3v) is 6.08. The zero-order valence-corrected chi connectivity index (χ0v) is 18.1. The van der Waals surface area contributed by atoms with Gasteiger partial charge in [-0.25, -0.2) is 4.79 Å². The molecule has 0 saturated carbocycles. The molecule has 9 heteroatoms. The molecule has 1 aromatic carbocycles. The fraction of sp³-hybridized carbons (Fsp3) is 0.368. The molecular formula is C19H22N2O4S3. The summed E-state index contributed by atoms with van der Waals surface area (Å²) in [5.74, 6) is -1.07. The number of amides is 2. The Morgan fingerprint density at radius 1 is 1.36 bits per heavy atom. The summed E-state index contributed by atoms with van der Waals surface area (Å²) in [7, 11) is 0. The minimum Gasteiger partial charge on any atom is -0.480 e. The second-order valence-corrected chi connectivity index (χ2v) is 8.90. The van der Waals surface area contributed by atoms with E-state index in [2.05, 4.69) is 5.32 Å². The Morgan fingerprint density at radius 2 is 2.04 bits per heavy atom. The van der Waals surface area contributed by atoms with Crippen LogP contribution in [-0.2, 0) is 14.4 Å². The number of rotatable bonds is 9. The molecule has 0 radical (unpaired) electrons. The first kappa shape index (κ1) is 22.4. The van der Waals surface area contributed by atoms with E-state index in [4.69, 9.17) is 12.2 Å². The van der Waals surface area contributed by atoms with Crippen LogP contribution in [0.2, 0.25) is 0 Å². The van der Waals surface area contributed by atoms with Crippen LogP contribution in [0.5, 0.6) is 0 Å². The van der Waals surface area contributed by atoms with E-state index in [9.17, 15) is 19.5 Å². The average Bonchev–Trinajstić information content (AvgIpc) is 2.91. The number of aryl methyl sites for hydroxylation is 1. The number of carbonyl (C=O) groups is 3. The third-order valence-electron chi connectivity index (χ3n) is 4.06. The monoisotopic (exact) mass is 438 g/mol. The van der Waals surface area contributed by atoms with Crippen molar-refractivity contribution in [2.45, 2.75) is 25.8 Å². The molecule has 0 unspecified atom stereocenters. The first-order valence-electron chi connectivity index (χ1n) is 8.65.